The second kappa shape index (κ2) is 8.69. The lowest BCUT2D eigenvalue weighted by atomic mass is 9.84. The predicted octanol–water partition coefficient (Wildman–Crippen LogP) is 0.644. The van der Waals surface area contributed by atoms with Crippen LogP contribution in [0.4, 0.5) is 4.39 Å². The third-order valence-electron chi connectivity index (χ3n) is 6.15. The smallest absolute Gasteiger partial charge is 0.308 e. The van der Waals surface area contributed by atoms with Crippen LogP contribution in [0.25, 0.3) is 0 Å². The quantitative estimate of drug-likeness (QED) is 0.593. The summed E-state index contributed by atoms with van der Waals surface area (Å²) in [6.45, 7) is 0.606. The molecule has 0 spiro atoms. The number of alkyl halides is 1. The summed E-state index contributed by atoms with van der Waals surface area (Å²) < 4.78 is 47.4. The first kappa shape index (κ1) is 20.9. The van der Waals surface area contributed by atoms with E-state index in [4.69, 9.17) is 4.74 Å². The van der Waals surface area contributed by atoms with Crippen LogP contribution in [0.15, 0.2) is 0 Å². The number of carboxylic acid groups (broad SMARTS) is 1. The molecule has 27 heavy (non-hydrogen) atoms. The number of hydrazine groups is 1. The first-order chi connectivity index (χ1) is 12.8. The van der Waals surface area contributed by atoms with E-state index in [-0.39, 0.29) is 38.0 Å². The number of carboxylic acids is 1. The van der Waals surface area contributed by atoms with Gasteiger partial charge in [0.1, 0.15) is 11.4 Å². The molecule has 0 bridgehead atoms. The fourth-order valence-corrected chi connectivity index (χ4v) is 6.12. The van der Waals surface area contributed by atoms with Crippen LogP contribution in [0.2, 0.25) is 0 Å². The van der Waals surface area contributed by atoms with Crippen LogP contribution in [0.1, 0.15) is 44.9 Å². The van der Waals surface area contributed by atoms with Gasteiger partial charge in [-0.15, -0.1) is 0 Å². The summed E-state index contributed by atoms with van der Waals surface area (Å²) in [4.78, 5) is 11.4. The average molecular weight is 408 g/mol. The van der Waals surface area contributed by atoms with Gasteiger partial charge in [-0.05, 0) is 32.1 Å². The Morgan fingerprint density at radius 1 is 1.26 bits per heavy atom. The number of methoxy groups -OCH3 is 1. The van der Waals surface area contributed by atoms with Gasteiger partial charge in [-0.3, -0.25) is 10.2 Å². The highest BCUT2D eigenvalue weighted by molar-refractivity contribution is 7.90. The number of aliphatic carboxylic acids is 1. The van der Waals surface area contributed by atoms with Gasteiger partial charge >= 0.3 is 5.97 Å². The van der Waals surface area contributed by atoms with E-state index in [1.54, 1.807) is 7.11 Å². The molecule has 156 valence electrons. The Morgan fingerprint density at radius 2 is 2.00 bits per heavy atom. The van der Waals surface area contributed by atoms with E-state index in [1.807, 2.05) is 5.01 Å². The molecule has 1 saturated heterocycles. The van der Waals surface area contributed by atoms with Crippen LogP contribution in [0, 0.1) is 5.92 Å². The lowest BCUT2D eigenvalue weighted by molar-refractivity contribution is -0.144. The first-order valence-corrected chi connectivity index (χ1v) is 11.3. The Balaban J connectivity index is 1.63. The zero-order chi connectivity index (χ0) is 19.6. The summed E-state index contributed by atoms with van der Waals surface area (Å²) in [5.74, 6) is -2.17. The molecule has 2 aliphatic carbocycles. The largest absolute Gasteiger partial charge is 0.481 e. The lowest BCUT2D eigenvalue weighted by Crippen LogP contribution is -2.51. The van der Waals surface area contributed by atoms with Gasteiger partial charge in [0.05, 0.1) is 18.1 Å². The minimum absolute atomic E-state index is 0.0805. The highest BCUT2D eigenvalue weighted by Gasteiger charge is 2.43. The minimum Gasteiger partial charge on any atom is -0.481 e. The fourth-order valence-electron chi connectivity index (χ4n) is 4.58. The Hall–Kier alpha value is -0.810. The van der Waals surface area contributed by atoms with Gasteiger partial charge in [-0.2, -0.15) is 0 Å². The minimum atomic E-state index is -3.72. The molecule has 10 heteroatoms. The number of hydrogen-bond donors (Lipinski definition) is 3. The summed E-state index contributed by atoms with van der Waals surface area (Å²) in [7, 11) is -2.04. The zero-order valence-corrected chi connectivity index (χ0v) is 16.5. The van der Waals surface area contributed by atoms with Crippen molar-refractivity contribution < 1.29 is 27.4 Å². The van der Waals surface area contributed by atoms with Gasteiger partial charge < -0.3 is 9.84 Å². The van der Waals surface area contributed by atoms with Crippen LogP contribution in [-0.4, -0.2) is 74.3 Å². The number of nitrogens with one attached hydrogen (secondary N) is 2. The number of sulfonamides is 1. The molecular formula is C17H30FN3O5S. The summed E-state index contributed by atoms with van der Waals surface area (Å²) in [6, 6.07) is -0.618. The van der Waals surface area contributed by atoms with E-state index in [0.29, 0.717) is 6.54 Å². The van der Waals surface area contributed by atoms with Crippen molar-refractivity contribution in [2.45, 2.75) is 74.6 Å². The molecule has 3 fully saturated rings. The van der Waals surface area contributed by atoms with Crippen LogP contribution in [-0.2, 0) is 19.6 Å². The van der Waals surface area contributed by atoms with Crippen molar-refractivity contribution in [3.05, 3.63) is 0 Å². The molecular weight excluding hydrogens is 377 g/mol. The lowest BCUT2D eigenvalue weighted by Gasteiger charge is -2.36. The maximum atomic E-state index is 13.6. The Kier molecular flexibility index (Phi) is 6.73. The molecule has 6 unspecified atom stereocenters. The third kappa shape index (κ3) is 4.79. The van der Waals surface area contributed by atoms with Gasteiger partial charge in [-0.25, -0.2) is 22.5 Å². The molecule has 1 aliphatic heterocycles. The van der Waals surface area contributed by atoms with Crippen molar-refractivity contribution >= 4 is 16.0 Å². The van der Waals surface area contributed by atoms with Gasteiger partial charge in [-0.1, -0.05) is 12.8 Å². The molecule has 0 aromatic carbocycles. The van der Waals surface area contributed by atoms with Crippen molar-refractivity contribution in [3.63, 3.8) is 0 Å². The average Bonchev–Trinajstić information content (AvgIpc) is 3.14. The van der Waals surface area contributed by atoms with Gasteiger partial charge in [0.15, 0.2) is 0 Å². The SMILES string of the molecule is COC1CCCCC1N1CC(S(=O)(=O)NC2CCC(F)CC2C(=O)O)CN1. The molecule has 2 saturated carbocycles. The van der Waals surface area contributed by atoms with E-state index < -0.39 is 39.4 Å². The van der Waals surface area contributed by atoms with E-state index in [2.05, 4.69) is 10.1 Å². The Morgan fingerprint density at radius 3 is 2.70 bits per heavy atom. The number of carbonyl (C=O) groups is 1. The van der Waals surface area contributed by atoms with Crippen LogP contribution >= 0.6 is 0 Å². The highest BCUT2D eigenvalue weighted by atomic mass is 32.2. The van der Waals surface area contributed by atoms with Gasteiger partial charge in [0, 0.05) is 26.2 Å². The number of hydrogen-bond acceptors (Lipinski definition) is 6. The number of rotatable bonds is 6. The highest BCUT2D eigenvalue weighted by Crippen LogP contribution is 2.29. The van der Waals surface area contributed by atoms with Crippen molar-refractivity contribution in [3.8, 4) is 0 Å². The third-order valence-corrected chi connectivity index (χ3v) is 7.98. The number of nitrogens with zero attached hydrogens (tertiary/aromatic N) is 1. The zero-order valence-electron chi connectivity index (χ0n) is 15.6. The molecule has 8 nitrogen and oxygen atoms in total. The summed E-state index contributed by atoms with van der Waals surface area (Å²) in [6.07, 6.45) is 3.25. The maximum Gasteiger partial charge on any atom is 0.308 e. The van der Waals surface area contributed by atoms with Crippen molar-refractivity contribution in [1.82, 2.24) is 15.2 Å². The van der Waals surface area contributed by atoms with Crippen molar-refractivity contribution in [2.75, 3.05) is 20.2 Å². The van der Waals surface area contributed by atoms with Crippen LogP contribution in [0.5, 0.6) is 0 Å². The molecule has 0 radical (unpaired) electrons. The monoisotopic (exact) mass is 407 g/mol. The van der Waals surface area contributed by atoms with Gasteiger partial charge in [0.25, 0.3) is 0 Å². The Labute approximate surface area is 159 Å². The molecule has 0 amide bonds. The standard InChI is InChI=1S/C17H30FN3O5S/c1-26-16-5-3-2-4-15(16)21-10-12(9-19-21)27(24,25)20-14-7-6-11(18)8-13(14)17(22)23/h11-16,19-20H,2-10H2,1H3,(H,22,23). The molecule has 3 aliphatic rings. The Bertz CT molecular complexity index is 634. The topological polar surface area (TPSA) is 108 Å². The second-order valence-electron chi connectivity index (χ2n) is 7.89. The van der Waals surface area contributed by atoms with E-state index >= 15 is 0 Å². The second-order valence-corrected chi connectivity index (χ2v) is 9.88. The molecule has 3 rings (SSSR count). The first-order valence-electron chi connectivity index (χ1n) is 9.72. The summed E-state index contributed by atoms with van der Waals surface area (Å²) >= 11 is 0. The van der Waals surface area contributed by atoms with E-state index in [0.717, 1.165) is 25.7 Å². The molecule has 0 aromatic heterocycles. The number of ether oxygens (including phenoxy) is 1. The molecule has 6 atom stereocenters. The van der Waals surface area contributed by atoms with Crippen molar-refractivity contribution in [1.29, 1.82) is 0 Å². The maximum absolute atomic E-state index is 13.6. The fraction of sp³-hybridized carbons (Fsp3) is 0.941. The molecule has 3 N–H and O–H groups in total. The van der Waals surface area contributed by atoms with Crippen LogP contribution < -0.4 is 10.1 Å². The number of halogens is 1. The summed E-state index contributed by atoms with van der Waals surface area (Å²) in [5.41, 5.74) is 3.18. The van der Waals surface area contributed by atoms with E-state index in [1.165, 1.54) is 0 Å². The predicted molar refractivity (Wildman–Crippen MR) is 97.3 cm³/mol. The van der Waals surface area contributed by atoms with Crippen molar-refractivity contribution in [2.24, 2.45) is 5.92 Å². The van der Waals surface area contributed by atoms with Gasteiger partial charge in [0.2, 0.25) is 10.0 Å². The normalized spacial score (nSPS) is 38.7. The molecule has 0 aromatic rings. The van der Waals surface area contributed by atoms with Crippen LogP contribution in [0.3, 0.4) is 0 Å². The van der Waals surface area contributed by atoms with E-state index in [9.17, 15) is 22.7 Å². The molecule has 1 heterocycles. The summed E-state index contributed by atoms with van der Waals surface area (Å²) in [5, 5.41) is 10.6.